The Kier molecular flexibility index (Phi) is 4.45. The van der Waals surface area contributed by atoms with Crippen LogP contribution < -0.4 is 5.43 Å². The lowest BCUT2D eigenvalue weighted by molar-refractivity contribution is 0.0695. The van der Waals surface area contributed by atoms with Crippen molar-refractivity contribution in [3.63, 3.8) is 0 Å². The Morgan fingerprint density at radius 1 is 1.35 bits per heavy atom. The van der Waals surface area contributed by atoms with Crippen LogP contribution in [0.25, 0.3) is 10.9 Å². The lowest BCUT2D eigenvalue weighted by Crippen LogP contribution is -2.19. The van der Waals surface area contributed by atoms with Crippen LogP contribution in [0.4, 0.5) is 0 Å². The molecule has 0 atom stereocenters. The number of aryl methyl sites for hydroxylation is 1. The number of pyridine rings is 1. The van der Waals surface area contributed by atoms with Crippen LogP contribution in [0.1, 0.15) is 36.5 Å². The van der Waals surface area contributed by atoms with E-state index in [9.17, 15) is 9.59 Å². The van der Waals surface area contributed by atoms with Crippen molar-refractivity contribution >= 4 is 28.5 Å². The molecular weight excluding hydrogens is 278 g/mol. The normalized spacial score (nSPS) is 10.9. The summed E-state index contributed by atoms with van der Waals surface area (Å²) in [6, 6.07) is 5.00. The molecule has 0 bridgehead atoms. The highest BCUT2D eigenvalue weighted by atomic mass is 35.5. The Balaban J connectivity index is 2.63. The molecule has 1 aromatic heterocycles. The van der Waals surface area contributed by atoms with Gasteiger partial charge in [0.15, 0.2) is 0 Å². The Bertz CT molecular complexity index is 706. The number of rotatable bonds is 5. The van der Waals surface area contributed by atoms with E-state index in [0.29, 0.717) is 17.0 Å². The first-order chi connectivity index (χ1) is 9.54. The summed E-state index contributed by atoms with van der Waals surface area (Å²) in [4.78, 5) is 23.3. The number of aromatic nitrogens is 1. The lowest BCUT2D eigenvalue weighted by Gasteiger charge is -2.12. The lowest BCUT2D eigenvalue weighted by atomic mass is 10.1. The third-order valence-electron chi connectivity index (χ3n) is 3.28. The number of aromatic carboxylic acids is 1. The summed E-state index contributed by atoms with van der Waals surface area (Å²) < 4.78 is 1.83. The van der Waals surface area contributed by atoms with Gasteiger partial charge >= 0.3 is 5.97 Å². The van der Waals surface area contributed by atoms with Gasteiger partial charge in [-0.25, -0.2) is 4.79 Å². The van der Waals surface area contributed by atoms with Crippen molar-refractivity contribution in [2.24, 2.45) is 0 Å². The highest BCUT2D eigenvalue weighted by molar-refractivity contribution is 6.31. The Hall–Kier alpha value is -1.81. The molecule has 2 aromatic rings. The van der Waals surface area contributed by atoms with Gasteiger partial charge in [-0.3, -0.25) is 4.79 Å². The predicted octanol–water partition coefficient (Wildman–Crippen LogP) is 3.54. The summed E-state index contributed by atoms with van der Waals surface area (Å²) >= 11 is 5.91. The zero-order valence-electron chi connectivity index (χ0n) is 11.2. The van der Waals surface area contributed by atoms with Gasteiger partial charge in [-0.2, -0.15) is 0 Å². The molecule has 1 aromatic carbocycles. The van der Waals surface area contributed by atoms with Crippen molar-refractivity contribution in [3.05, 3.63) is 45.2 Å². The van der Waals surface area contributed by atoms with E-state index in [-0.39, 0.29) is 5.56 Å². The first kappa shape index (κ1) is 14.6. The van der Waals surface area contributed by atoms with Crippen molar-refractivity contribution in [1.29, 1.82) is 0 Å². The molecule has 1 heterocycles. The maximum absolute atomic E-state index is 12.2. The smallest absolute Gasteiger partial charge is 0.341 e. The first-order valence-corrected chi connectivity index (χ1v) is 6.98. The van der Waals surface area contributed by atoms with E-state index in [1.807, 2.05) is 4.57 Å². The fourth-order valence-electron chi connectivity index (χ4n) is 2.24. The molecule has 0 aliphatic rings. The van der Waals surface area contributed by atoms with Gasteiger partial charge in [0.25, 0.3) is 0 Å². The zero-order valence-corrected chi connectivity index (χ0v) is 12.0. The topological polar surface area (TPSA) is 59.3 Å². The molecule has 0 unspecified atom stereocenters. The Morgan fingerprint density at radius 2 is 2.10 bits per heavy atom. The van der Waals surface area contributed by atoms with Crippen LogP contribution >= 0.6 is 11.6 Å². The zero-order chi connectivity index (χ0) is 14.7. The van der Waals surface area contributed by atoms with E-state index in [1.165, 1.54) is 12.3 Å². The van der Waals surface area contributed by atoms with Gasteiger partial charge in [-0.1, -0.05) is 31.4 Å². The van der Waals surface area contributed by atoms with Gasteiger partial charge in [0.1, 0.15) is 5.56 Å². The predicted molar refractivity (Wildman–Crippen MR) is 79.7 cm³/mol. The summed E-state index contributed by atoms with van der Waals surface area (Å²) in [7, 11) is 0. The number of carbonyl (C=O) groups is 1. The van der Waals surface area contributed by atoms with E-state index in [2.05, 4.69) is 6.92 Å². The third kappa shape index (κ3) is 2.85. The van der Waals surface area contributed by atoms with Crippen LogP contribution in [-0.2, 0) is 6.54 Å². The quantitative estimate of drug-likeness (QED) is 0.858. The minimum atomic E-state index is -1.21. The molecule has 20 heavy (non-hydrogen) atoms. The molecule has 0 saturated carbocycles. The van der Waals surface area contributed by atoms with Gasteiger partial charge < -0.3 is 9.67 Å². The van der Waals surface area contributed by atoms with E-state index < -0.39 is 11.4 Å². The van der Waals surface area contributed by atoms with Gasteiger partial charge in [-0.05, 0) is 24.6 Å². The van der Waals surface area contributed by atoms with Crippen LogP contribution in [-0.4, -0.2) is 15.6 Å². The molecular formula is C15H16ClNO3. The largest absolute Gasteiger partial charge is 0.477 e. The highest BCUT2D eigenvalue weighted by Crippen LogP contribution is 2.18. The molecule has 1 N–H and O–H groups in total. The molecule has 0 fully saturated rings. The number of benzene rings is 1. The fourth-order valence-corrected chi connectivity index (χ4v) is 2.41. The minimum absolute atomic E-state index is 0.212. The molecule has 106 valence electrons. The Morgan fingerprint density at radius 3 is 2.75 bits per heavy atom. The number of carboxylic acids is 1. The number of unbranched alkanes of at least 4 members (excludes halogenated alkanes) is 2. The first-order valence-electron chi connectivity index (χ1n) is 6.60. The van der Waals surface area contributed by atoms with Crippen LogP contribution in [0.15, 0.2) is 29.2 Å². The molecule has 0 radical (unpaired) electrons. The molecule has 0 aliphatic heterocycles. The van der Waals surface area contributed by atoms with Gasteiger partial charge in [0.2, 0.25) is 5.43 Å². The number of halogens is 1. The second kappa shape index (κ2) is 6.09. The van der Waals surface area contributed by atoms with Crippen molar-refractivity contribution in [2.45, 2.75) is 32.7 Å². The van der Waals surface area contributed by atoms with E-state index in [1.54, 1.807) is 12.1 Å². The van der Waals surface area contributed by atoms with Crippen molar-refractivity contribution < 1.29 is 9.90 Å². The van der Waals surface area contributed by atoms with Crippen molar-refractivity contribution in [2.75, 3.05) is 0 Å². The summed E-state index contributed by atoms with van der Waals surface area (Å²) in [5.74, 6) is -1.21. The maximum atomic E-state index is 12.2. The highest BCUT2D eigenvalue weighted by Gasteiger charge is 2.14. The molecule has 4 nitrogen and oxygen atoms in total. The van der Waals surface area contributed by atoms with E-state index >= 15 is 0 Å². The monoisotopic (exact) mass is 293 g/mol. The van der Waals surface area contributed by atoms with Crippen LogP contribution in [0.3, 0.4) is 0 Å². The average Bonchev–Trinajstić information content (AvgIpc) is 2.41. The maximum Gasteiger partial charge on any atom is 0.341 e. The van der Waals surface area contributed by atoms with Gasteiger partial charge in [0, 0.05) is 23.2 Å². The summed E-state index contributed by atoms with van der Waals surface area (Å²) in [6.07, 6.45) is 4.51. The van der Waals surface area contributed by atoms with Crippen LogP contribution in [0.5, 0.6) is 0 Å². The standard InChI is InChI=1S/C15H16ClNO3/c1-2-3-4-7-17-9-12(15(19)20)14(18)11-8-10(16)5-6-13(11)17/h5-6,8-9H,2-4,7H2,1H3,(H,19,20). The number of hydrogen-bond donors (Lipinski definition) is 1. The molecule has 5 heteroatoms. The van der Waals surface area contributed by atoms with Crippen molar-refractivity contribution in [1.82, 2.24) is 4.57 Å². The van der Waals surface area contributed by atoms with Crippen LogP contribution in [0.2, 0.25) is 5.02 Å². The van der Waals surface area contributed by atoms with Crippen LogP contribution in [0, 0.1) is 0 Å². The van der Waals surface area contributed by atoms with E-state index in [4.69, 9.17) is 16.7 Å². The molecule has 2 rings (SSSR count). The molecule has 0 saturated heterocycles. The SMILES string of the molecule is CCCCCn1cc(C(=O)O)c(=O)c2cc(Cl)ccc21. The molecule has 0 amide bonds. The minimum Gasteiger partial charge on any atom is -0.477 e. The summed E-state index contributed by atoms with van der Waals surface area (Å²) in [6.45, 7) is 2.79. The molecule has 0 spiro atoms. The number of fused-ring (bicyclic) bond motifs is 1. The summed E-state index contributed by atoms with van der Waals surface area (Å²) in [5, 5.41) is 9.93. The van der Waals surface area contributed by atoms with Gasteiger partial charge in [0.05, 0.1) is 5.52 Å². The van der Waals surface area contributed by atoms with Crippen molar-refractivity contribution in [3.8, 4) is 0 Å². The van der Waals surface area contributed by atoms with E-state index in [0.717, 1.165) is 24.8 Å². The second-order valence-corrected chi connectivity index (χ2v) is 5.18. The second-order valence-electron chi connectivity index (χ2n) is 4.74. The number of carboxylic acid groups (broad SMARTS) is 1. The fraction of sp³-hybridized carbons (Fsp3) is 0.333. The third-order valence-corrected chi connectivity index (χ3v) is 3.51. The summed E-state index contributed by atoms with van der Waals surface area (Å²) in [5.41, 5.74) is 0.0264. The molecule has 0 aliphatic carbocycles. The number of nitrogens with zero attached hydrogens (tertiary/aromatic N) is 1. The number of hydrogen-bond acceptors (Lipinski definition) is 2. The average molecular weight is 294 g/mol. The Labute approximate surface area is 121 Å². The van der Waals surface area contributed by atoms with Gasteiger partial charge in [-0.15, -0.1) is 0 Å².